The van der Waals surface area contributed by atoms with Gasteiger partial charge in [-0.25, -0.2) is 0 Å². The van der Waals surface area contributed by atoms with E-state index in [1.165, 1.54) is 28.0 Å². The minimum Gasteiger partial charge on any atom is -0.397 e. The Kier molecular flexibility index (Phi) is 3.28. The van der Waals surface area contributed by atoms with Crippen LogP contribution in [0.3, 0.4) is 0 Å². The van der Waals surface area contributed by atoms with E-state index in [0.717, 1.165) is 4.88 Å². The highest BCUT2D eigenvalue weighted by Gasteiger charge is 2.13. The second-order valence-corrected chi connectivity index (χ2v) is 5.73. The predicted molar refractivity (Wildman–Crippen MR) is 80.7 cm³/mol. The first-order valence-electron chi connectivity index (χ1n) is 6.35. The van der Waals surface area contributed by atoms with Crippen molar-refractivity contribution in [2.75, 3.05) is 5.73 Å². The lowest BCUT2D eigenvalue weighted by atomic mass is 10.0. The smallest absolute Gasteiger partial charge is 0.270 e. The first-order chi connectivity index (χ1) is 9.63. The summed E-state index contributed by atoms with van der Waals surface area (Å²) in [4.78, 5) is 5.25. The second kappa shape index (κ2) is 5.09. The van der Waals surface area contributed by atoms with Gasteiger partial charge in [-0.1, -0.05) is 23.4 Å². The van der Waals surface area contributed by atoms with Crippen LogP contribution in [0, 0.1) is 13.8 Å². The van der Waals surface area contributed by atoms with Crippen molar-refractivity contribution in [3.8, 4) is 10.8 Å². The quantitative estimate of drug-likeness (QED) is 0.798. The second-order valence-electron chi connectivity index (χ2n) is 4.82. The summed E-state index contributed by atoms with van der Waals surface area (Å²) in [6.07, 6.45) is 0.663. The minimum atomic E-state index is 0.497. The van der Waals surface area contributed by atoms with Crippen LogP contribution in [0.25, 0.3) is 10.8 Å². The monoisotopic (exact) mass is 285 g/mol. The average Bonchev–Trinajstić information content (AvgIpc) is 3.03. The Hall–Kier alpha value is -2.14. The van der Waals surface area contributed by atoms with E-state index < -0.39 is 0 Å². The molecule has 0 aliphatic rings. The van der Waals surface area contributed by atoms with Gasteiger partial charge in [0, 0.05) is 6.42 Å². The van der Waals surface area contributed by atoms with E-state index >= 15 is 0 Å². The Morgan fingerprint density at radius 2 is 2.05 bits per heavy atom. The predicted octanol–water partition coefficient (Wildman–Crippen LogP) is 3.59. The topological polar surface area (TPSA) is 64.9 Å². The van der Waals surface area contributed by atoms with Gasteiger partial charge in [-0.2, -0.15) is 4.98 Å². The number of benzene rings is 1. The molecule has 0 radical (unpaired) electrons. The summed E-state index contributed by atoms with van der Waals surface area (Å²) in [5, 5.41) is 5.94. The Labute approximate surface area is 121 Å². The number of aryl methyl sites for hydroxylation is 2. The standard InChI is InChI=1S/C15H15N3OS/c1-9-3-4-11(7-10(9)2)8-13-17-15(19-18-13)14-12(16)5-6-20-14/h3-7H,8,16H2,1-2H3. The zero-order chi connectivity index (χ0) is 14.1. The van der Waals surface area contributed by atoms with Crippen molar-refractivity contribution in [1.29, 1.82) is 0 Å². The highest BCUT2D eigenvalue weighted by atomic mass is 32.1. The molecular formula is C15H15N3OS. The van der Waals surface area contributed by atoms with Crippen molar-refractivity contribution >= 4 is 17.0 Å². The van der Waals surface area contributed by atoms with Gasteiger partial charge in [-0.05, 0) is 42.0 Å². The lowest BCUT2D eigenvalue weighted by Crippen LogP contribution is -1.92. The molecule has 3 aromatic rings. The number of hydrogen-bond acceptors (Lipinski definition) is 5. The van der Waals surface area contributed by atoms with Crippen LogP contribution < -0.4 is 5.73 Å². The summed E-state index contributed by atoms with van der Waals surface area (Å²) in [7, 11) is 0. The summed E-state index contributed by atoms with van der Waals surface area (Å²) in [5.74, 6) is 1.17. The maximum atomic E-state index is 5.85. The first kappa shape index (κ1) is 12.9. The van der Waals surface area contributed by atoms with E-state index in [1.54, 1.807) is 0 Å². The van der Waals surface area contributed by atoms with Crippen molar-refractivity contribution in [1.82, 2.24) is 10.1 Å². The molecule has 0 fully saturated rings. The molecule has 102 valence electrons. The Bertz CT molecular complexity index is 745. The summed E-state index contributed by atoms with van der Waals surface area (Å²) in [6, 6.07) is 8.21. The van der Waals surface area contributed by atoms with Crippen LogP contribution in [0.2, 0.25) is 0 Å². The maximum Gasteiger partial charge on any atom is 0.270 e. The van der Waals surface area contributed by atoms with Gasteiger partial charge in [0.2, 0.25) is 0 Å². The lowest BCUT2D eigenvalue weighted by molar-refractivity contribution is 0.425. The number of thiophene rings is 1. The van der Waals surface area contributed by atoms with Crippen molar-refractivity contribution in [3.05, 3.63) is 52.2 Å². The molecular weight excluding hydrogens is 270 g/mol. The van der Waals surface area contributed by atoms with Gasteiger partial charge in [0.05, 0.1) is 5.69 Å². The van der Waals surface area contributed by atoms with E-state index in [-0.39, 0.29) is 0 Å². The minimum absolute atomic E-state index is 0.497. The molecule has 0 atom stereocenters. The van der Waals surface area contributed by atoms with Gasteiger partial charge < -0.3 is 10.3 Å². The van der Waals surface area contributed by atoms with Crippen LogP contribution in [-0.4, -0.2) is 10.1 Å². The average molecular weight is 285 g/mol. The summed E-state index contributed by atoms with van der Waals surface area (Å²) in [6.45, 7) is 4.21. The van der Waals surface area contributed by atoms with Crippen molar-refractivity contribution in [2.45, 2.75) is 20.3 Å². The number of anilines is 1. The Morgan fingerprint density at radius 1 is 1.20 bits per heavy atom. The molecule has 0 aliphatic carbocycles. The highest BCUT2D eigenvalue weighted by Crippen LogP contribution is 2.30. The molecule has 0 bridgehead atoms. The van der Waals surface area contributed by atoms with E-state index in [1.807, 2.05) is 11.4 Å². The molecule has 3 rings (SSSR count). The number of nitrogen functional groups attached to an aromatic ring is 1. The number of aromatic nitrogens is 2. The molecule has 4 nitrogen and oxygen atoms in total. The van der Waals surface area contributed by atoms with E-state index in [9.17, 15) is 0 Å². The number of nitrogens with zero attached hydrogens (tertiary/aromatic N) is 2. The Morgan fingerprint density at radius 3 is 2.75 bits per heavy atom. The van der Waals surface area contributed by atoms with Gasteiger partial charge >= 0.3 is 0 Å². The van der Waals surface area contributed by atoms with Crippen LogP contribution in [0.1, 0.15) is 22.5 Å². The lowest BCUT2D eigenvalue weighted by Gasteiger charge is -2.02. The summed E-state index contributed by atoms with van der Waals surface area (Å²) < 4.78 is 5.29. The van der Waals surface area contributed by atoms with E-state index in [2.05, 4.69) is 42.2 Å². The molecule has 0 spiro atoms. The largest absolute Gasteiger partial charge is 0.397 e. The van der Waals surface area contributed by atoms with Crippen LogP contribution in [0.15, 0.2) is 34.2 Å². The van der Waals surface area contributed by atoms with Crippen molar-refractivity contribution < 1.29 is 4.52 Å². The fourth-order valence-electron chi connectivity index (χ4n) is 2.01. The molecule has 0 amide bonds. The van der Waals surface area contributed by atoms with Gasteiger partial charge in [-0.3, -0.25) is 0 Å². The fourth-order valence-corrected chi connectivity index (χ4v) is 2.75. The normalized spacial score (nSPS) is 10.9. The zero-order valence-corrected chi connectivity index (χ0v) is 12.2. The molecule has 5 heteroatoms. The third kappa shape index (κ3) is 2.44. The van der Waals surface area contributed by atoms with Crippen LogP contribution in [-0.2, 0) is 6.42 Å². The molecule has 20 heavy (non-hydrogen) atoms. The SMILES string of the molecule is Cc1ccc(Cc2noc(-c3sccc3N)n2)cc1C. The van der Waals surface area contributed by atoms with Gasteiger partial charge in [0.1, 0.15) is 4.88 Å². The van der Waals surface area contributed by atoms with E-state index in [0.29, 0.717) is 23.8 Å². The molecule has 0 saturated heterocycles. The molecule has 0 saturated carbocycles. The Balaban J connectivity index is 1.84. The van der Waals surface area contributed by atoms with Crippen molar-refractivity contribution in [3.63, 3.8) is 0 Å². The number of hydrogen-bond donors (Lipinski definition) is 1. The van der Waals surface area contributed by atoms with Crippen LogP contribution in [0.4, 0.5) is 5.69 Å². The fraction of sp³-hybridized carbons (Fsp3) is 0.200. The molecule has 2 aromatic heterocycles. The van der Waals surface area contributed by atoms with Gasteiger partial charge in [0.25, 0.3) is 5.89 Å². The highest BCUT2D eigenvalue weighted by molar-refractivity contribution is 7.14. The molecule has 0 unspecified atom stereocenters. The van der Waals surface area contributed by atoms with Gasteiger partial charge in [-0.15, -0.1) is 11.3 Å². The molecule has 2 N–H and O–H groups in total. The van der Waals surface area contributed by atoms with Crippen LogP contribution in [0.5, 0.6) is 0 Å². The molecule has 0 aliphatic heterocycles. The first-order valence-corrected chi connectivity index (χ1v) is 7.23. The summed E-state index contributed by atoms with van der Waals surface area (Å²) in [5.41, 5.74) is 10.3. The van der Waals surface area contributed by atoms with E-state index in [4.69, 9.17) is 10.3 Å². The third-order valence-corrected chi connectivity index (χ3v) is 4.21. The van der Waals surface area contributed by atoms with Crippen molar-refractivity contribution in [2.24, 2.45) is 0 Å². The number of rotatable bonds is 3. The van der Waals surface area contributed by atoms with Crippen LogP contribution >= 0.6 is 11.3 Å². The molecule has 1 aromatic carbocycles. The maximum absolute atomic E-state index is 5.85. The zero-order valence-electron chi connectivity index (χ0n) is 11.4. The van der Waals surface area contributed by atoms with Gasteiger partial charge in [0.15, 0.2) is 5.82 Å². The number of nitrogens with two attached hydrogens (primary N) is 1. The third-order valence-electron chi connectivity index (χ3n) is 3.29. The summed E-state index contributed by atoms with van der Waals surface area (Å²) >= 11 is 1.51. The molecule has 2 heterocycles.